The number of nitrogens with one attached hydrogen (secondary N) is 2. The quantitative estimate of drug-likeness (QED) is 0.295. The van der Waals surface area contributed by atoms with Crippen LogP contribution in [-0.2, 0) is 24.5 Å². The van der Waals surface area contributed by atoms with Gasteiger partial charge < -0.3 is 15.4 Å². The van der Waals surface area contributed by atoms with Gasteiger partial charge in [-0.1, -0.05) is 61.5 Å². The van der Waals surface area contributed by atoms with Crippen molar-refractivity contribution in [2.75, 3.05) is 26.7 Å². The van der Waals surface area contributed by atoms with E-state index in [1.165, 1.54) is 36.1 Å². The maximum atomic E-state index is 5.81. The Bertz CT molecular complexity index is 752. The molecule has 30 heavy (non-hydrogen) atoms. The molecule has 3 rings (SSSR count). The summed E-state index contributed by atoms with van der Waals surface area (Å²) in [6, 6.07) is 19.5. The van der Waals surface area contributed by atoms with Gasteiger partial charge in [0.15, 0.2) is 5.96 Å². The number of hydrogen-bond acceptors (Lipinski definition) is 3. The van der Waals surface area contributed by atoms with Crippen LogP contribution in [0.25, 0.3) is 0 Å². The molecule has 5 nitrogen and oxygen atoms in total. The number of hydrogen-bond donors (Lipinski definition) is 2. The summed E-state index contributed by atoms with van der Waals surface area (Å²) in [6.07, 6.45) is 2.57. The van der Waals surface area contributed by atoms with Crippen molar-refractivity contribution < 1.29 is 4.74 Å². The number of nitrogens with zero attached hydrogens (tertiary/aromatic N) is 2. The van der Waals surface area contributed by atoms with E-state index in [9.17, 15) is 0 Å². The van der Waals surface area contributed by atoms with E-state index in [0.717, 1.165) is 25.6 Å². The first-order chi connectivity index (χ1) is 14.3. The molecule has 2 N–H and O–H groups in total. The molecule has 0 saturated carbocycles. The Balaban J connectivity index is 0.00000320. The third-order valence-corrected chi connectivity index (χ3v) is 5.50. The van der Waals surface area contributed by atoms with Gasteiger partial charge in [0.05, 0.1) is 13.2 Å². The lowest BCUT2D eigenvalue weighted by atomic mass is 10.1. The minimum absolute atomic E-state index is 0. The number of aliphatic imine (C=N–C) groups is 1. The first-order valence-electron chi connectivity index (χ1n) is 10.7. The summed E-state index contributed by atoms with van der Waals surface area (Å²) in [6.45, 7) is 7.56. The second kappa shape index (κ2) is 13.6. The highest BCUT2D eigenvalue weighted by atomic mass is 127. The molecule has 2 aromatic carbocycles. The number of ether oxygens (including phenoxy) is 1. The number of likely N-dealkylation sites (tertiary alicyclic amines) is 1. The van der Waals surface area contributed by atoms with Gasteiger partial charge in [0.1, 0.15) is 0 Å². The monoisotopic (exact) mass is 522 g/mol. The van der Waals surface area contributed by atoms with Gasteiger partial charge in [-0.05, 0) is 42.6 Å². The number of halogens is 1. The van der Waals surface area contributed by atoms with Crippen LogP contribution in [0.1, 0.15) is 36.5 Å². The molecule has 164 valence electrons. The predicted molar refractivity (Wildman–Crippen MR) is 135 cm³/mol. The van der Waals surface area contributed by atoms with Crippen molar-refractivity contribution >= 4 is 29.9 Å². The number of guanidine groups is 1. The van der Waals surface area contributed by atoms with Crippen LogP contribution >= 0.6 is 24.0 Å². The van der Waals surface area contributed by atoms with Gasteiger partial charge in [0, 0.05) is 26.2 Å². The van der Waals surface area contributed by atoms with E-state index >= 15 is 0 Å². The van der Waals surface area contributed by atoms with E-state index in [4.69, 9.17) is 4.74 Å². The fraction of sp³-hybridized carbons (Fsp3) is 0.458. The second-order valence-corrected chi connectivity index (χ2v) is 7.53. The molecular weight excluding hydrogens is 487 g/mol. The zero-order valence-electron chi connectivity index (χ0n) is 18.1. The zero-order chi connectivity index (χ0) is 20.3. The van der Waals surface area contributed by atoms with Crippen LogP contribution in [0.5, 0.6) is 0 Å². The van der Waals surface area contributed by atoms with Crippen LogP contribution in [0.2, 0.25) is 0 Å². The smallest absolute Gasteiger partial charge is 0.191 e. The maximum Gasteiger partial charge on any atom is 0.191 e. The molecule has 0 aromatic heterocycles. The molecule has 1 aliphatic heterocycles. The maximum absolute atomic E-state index is 5.81. The van der Waals surface area contributed by atoms with Crippen molar-refractivity contribution in [3.05, 3.63) is 71.3 Å². The van der Waals surface area contributed by atoms with E-state index in [0.29, 0.717) is 19.3 Å². The average molecular weight is 522 g/mol. The number of benzene rings is 2. The van der Waals surface area contributed by atoms with Crippen LogP contribution in [0.4, 0.5) is 0 Å². The molecule has 0 radical (unpaired) electrons. The van der Waals surface area contributed by atoms with E-state index in [1.54, 1.807) is 0 Å². The summed E-state index contributed by atoms with van der Waals surface area (Å²) < 4.78 is 5.81. The zero-order valence-corrected chi connectivity index (χ0v) is 20.5. The van der Waals surface area contributed by atoms with E-state index in [2.05, 4.69) is 63.8 Å². The summed E-state index contributed by atoms with van der Waals surface area (Å²) in [4.78, 5) is 6.90. The van der Waals surface area contributed by atoms with Crippen LogP contribution in [-0.4, -0.2) is 43.6 Å². The molecule has 1 fully saturated rings. The Morgan fingerprint density at radius 2 is 1.67 bits per heavy atom. The second-order valence-electron chi connectivity index (χ2n) is 7.53. The van der Waals surface area contributed by atoms with Gasteiger partial charge in [0.25, 0.3) is 0 Å². The van der Waals surface area contributed by atoms with Gasteiger partial charge in [0.2, 0.25) is 0 Å². The van der Waals surface area contributed by atoms with Crippen molar-refractivity contribution in [2.45, 2.75) is 45.6 Å². The van der Waals surface area contributed by atoms with E-state index in [1.807, 2.05) is 25.2 Å². The Morgan fingerprint density at radius 1 is 1.00 bits per heavy atom. The van der Waals surface area contributed by atoms with E-state index in [-0.39, 0.29) is 24.0 Å². The van der Waals surface area contributed by atoms with Crippen molar-refractivity contribution in [1.29, 1.82) is 0 Å². The standard InChI is InChI=1S/C24H34N4O.HI/c1-3-28-15-7-10-23(28)17-27-24(25-2)26-16-20-11-13-22(14-12-20)19-29-18-21-8-5-4-6-9-21;/h4-6,8-9,11-14,23H,3,7,10,15-19H2,1-2H3,(H2,25,26,27);1H. The van der Waals surface area contributed by atoms with Gasteiger partial charge >= 0.3 is 0 Å². The van der Waals surface area contributed by atoms with Crippen LogP contribution in [0.15, 0.2) is 59.6 Å². The van der Waals surface area contributed by atoms with Crippen molar-refractivity contribution in [3.8, 4) is 0 Å². The van der Waals surface area contributed by atoms with Gasteiger partial charge in [-0.2, -0.15) is 0 Å². The molecule has 0 aliphatic carbocycles. The summed E-state index contributed by atoms with van der Waals surface area (Å²) >= 11 is 0. The fourth-order valence-electron chi connectivity index (χ4n) is 3.78. The lowest BCUT2D eigenvalue weighted by Gasteiger charge is -2.24. The highest BCUT2D eigenvalue weighted by Crippen LogP contribution is 2.15. The molecular formula is C24H35IN4O. The highest BCUT2D eigenvalue weighted by molar-refractivity contribution is 14.0. The summed E-state index contributed by atoms with van der Waals surface area (Å²) in [5.74, 6) is 0.864. The molecule has 0 amide bonds. The minimum Gasteiger partial charge on any atom is -0.372 e. The van der Waals surface area contributed by atoms with Gasteiger partial charge in [-0.25, -0.2) is 0 Å². The first kappa shape index (κ1) is 24.6. The van der Waals surface area contributed by atoms with Crippen LogP contribution in [0, 0.1) is 0 Å². The van der Waals surface area contributed by atoms with Gasteiger partial charge in [-0.15, -0.1) is 24.0 Å². The summed E-state index contributed by atoms with van der Waals surface area (Å²) in [5.41, 5.74) is 3.62. The summed E-state index contributed by atoms with van der Waals surface area (Å²) in [7, 11) is 1.83. The molecule has 2 aromatic rings. The Hall–Kier alpha value is -1.64. The Kier molecular flexibility index (Phi) is 11.2. The lowest BCUT2D eigenvalue weighted by Crippen LogP contribution is -2.44. The normalized spacial score (nSPS) is 16.9. The highest BCUT2D eigenvalue weighted by Gasteiger charge is 2.22. The third-order valence-electron chi connectivity index (χ3n) is 5.50. The van der Waals surface area contributed by atoms with Gasteiger partial charge in [-0.3, -0.25) is 9.89 Å². The number of rotatable bonds is 9. The molecule has 0 bridgehead atoms. The average Bonchev–Trinajstić information content (AvgIpc) is 3.23. The summed E-state index contributed by atoms with van der Waals surface area (Å²) in [5, 5.41) is 6.89. The predicted octanol–water partition coefficient (Wildman–Crippen LogP) is 4.17. The van der Waals surface area contributed by atoms with Crippen LogP contribution < -0.4 is 10.6 Å². The third kappa shape index (κ3) is 7.89. The van der Waals surface area contributed by atoms with Crippen molar-refractivity contribution in [1.82, 2.24) is 15.5 Å². The molecule has 0 spiro atoms. The SMILES string of the molecule is CCN1CCCC1CNC(=NC)NCc1ccc(COCc2ccccc2)cc1.I. The largest absolute Gasteiger partial charge is 0.372 e. The topological polar surface area (TPSA) is 48.9 Å². The van der Waals surface area contributed by atoms with Crippen molar-refractivity contribution in [2.24, 2.45) is 4.99 Å². The molecule has 6 heteroatoms. The Morgan fingerprint density at radius 3 is 2.33 bits per heavy atom. The first-order valence-corrected chi connectivity index (χ1v) is 10.7. The molecule has 1 saturated heterocycles. The van der Waals surface area contributed by atoms with E-state index < -0.39 is 0 Å². The molecule has 1 unspecified atom stereocenters. The minimum atomic E-state index is 0. The Labute approximate surface area is 198 Å². The molecule has 1 aliphatic rings. The number of likely N-dealkylation sites (N-methyl/N-ethyl adjacent to an activating group) is 1. The fourth-order valence-corrected chi connectivity index (χ4v) is 3.78. The molecule has 1 heterocycles. The molecule has 1 atom stereocenters. The van der Waals surface area contributed by atoms with Crippen LogP contribution in [0.3, 0.4) is 0 Å². The van der Waals surface area contributed by atoms with Crippen molar-refractivity contribution in [3.63, 3.8) is 0 Å². The lowest BCUT2D eigenvalue weighted by molar-refractivity contribution is 0.107.